The highest BCUT2D eigenvalue weighted by molar-refractivity contribution is 7.17. The molecule has 17 heavy (non-hydrogen) atoms. The van der Waals surface area contributed by atoms with E-state index in [0.29, 0.717) is 6.42 Å². The van der Waals surface area contributed by atoms with Crippen molar-refractivity contribution >= 4 is 21.6 Å². The standard InChI is InChI=1S/C14H16N2S/c1-3-5-12(15-7-4-2)11-9-14-13(16-10-11)6-8-17-14/h1,6,8-10,12,15H,4-5,7H2,2H3. The predicted octanol–water partition coefficient (Wildman–Crippen LogP) is 3.36. The fourth-order valence-electron chi connectivity index (χ4n) is 1.80. The summed E-state index contributed by atoms with van der Waals surface area (Å²) >= 11 is 1.72. The van der Waals surface area contributed by atoms with Crippen LogP contribution in [-0.4, -0.2) is 11.5 Å². The van der Waals surface area contributed by atoms with E-state index >= 15 is 0 Å². The molecule has 1 unspecified atom stereocenters. The Morgan fingerprint density at radius 1 is 1.59 bits per heavy atom. The minimum Gasteiger partial charge on any atom is -0.309 e. The van der Waals surface area contributed by atoms with Crippen LogP contribution in [0.5, 0.6) is 0 Å². The van der Waals surface area contributed by atoms with E-state index in [1.807, 2.05) is 12.3 Å². The second-order valence-corrected chi connectivity index (χ2v) is 4.94. The Balaban J connectivity index is 2.24. The smallest absolute Gasteiger partial charge is 0.0809 e. The van der Waals surface area contributed by atoms with Crippen molar-refractivity contribution in [3.8, 4) is 12.3 Å². The molecule has 0 aliphatic rings. The number of nitrogens with one attached hydrogen (secondary N) is 1. The molecule has 1 N–H and O–H groups in total. The number of hydrogen-bond acceptors (Lipinski definition) is 3. The van der Waals surface area contributed by atoms with Gasteiger partial charge in [0.05, 0.1) is 10.2 Å². The number of hydrogen-bond donors (Lipinski definition) is 1. The minimum atomic E-state index is 0.221. The summed E-state index contributed by atoms with van der Waals surface area (Å²) in [5, 5.41) is 5.53. The fourth-order valence-corrected chi connectivity index (χ4v) is 2.59. The van der Waals surface area contributed by atoms with Gasteiger partial charge in [0, 0.05) is 18.7 Å². The number of thiophene rings is 1. The average molecular weight is 244 g/mol. The molecule has 1 atom stereocenters. The van der Waals surface area contributed by atoms with Crippen molar-refractivity contribution in [2.75, 3.05) is 6.54 Å². The third-order valence-electron chi connectivity index (χ3n) is 2.69. The lowest BCUT2D eigenvalue weighted by atomic mass is 10.1. The third-order valence-corrected chi connectivity index (χ3v) is 3.54. The maximum absolute atomic E-state index is 5.42. The van der Waals surface area contributed by atoms with Gasteiger partial charge in [0.2, 0.25) is 0 Å². The van der Waals surface area contributed by atoms with Crippen molar-refractivity contribution in [2.45, 2.75) is 25.8 Å². The summed E-state index contributed by atoms with van der Waals surface area (Å²) < 4.78 is 1.22. The number of fused-ring (bicyclic) bond motifs is 1. The molecule has 3 heteroatoms. The zero-order chi connectivity index (χ0) is 12.1. The van der Waals surface area contributed by atoms with Crippen molar-refractivity contribution in [2.24, 2.45) is 0 Å². The highest BCUT2D eigenvalue weighted by atomic mass is 32.1. The summed E-state index contributed by atoms with van der Waals surface area (Å²) in [5.74, 6) is 2.73. The van der Waals surface area contributed by atoms with E-state index in [9.17, 15) is 0 Å². The molecule has 2 aromatic rings. The van der Waals surface area contributed by atoms with Crippen molar-refractivity contribution < 1.29 is 0 Å². The van der Waals surface area contributed by atoms with Gasteiger partial charge >= 0.3 is 0 Å². The van der Waals surface area contributed by atoms with Crippen LogP contribution in [-0.2, 0) is 0 Å². The zero-order valence-corrected chi connectivity index (χ0v) is 10.8. The quantitative estimate of drug-likeness (QED) is 0.816. The minimum absolute atomic E-state index is 0.221. The molecule has 0 saturated carbocycles. The first-order chi connectivity index (χ1) is 8.35. The Hall–Kier alpha value is -1.37. The van der Waals surface area contributed by atoms with E-state index in [0.717, 1.165) is 18.5 Å². The predicted molar refractivity (Wildman–Crippen MR) is 74.1 cm³/mol. The summed E-state index contributed by atoms with van der Waals surface area (Å²) in [5.41, 5.74) is 2.25. The molecule has 0 radical (unpaired) electrons. The SMILES string of the molecule is C#CCC(NCCC)c1cnc2ccsc2c1. The molecule has 0 aromatic carbocycles. The lowest BCUT2D eigenvalue weighted by Crippen LogP contribution is -2.21. The number of aromatic nitrogens is 1. The van der Waals surface area contributed by atoms with Gasteiger partial charge in [0.25, 0.3) is 0 Å². The Labute approximate surface area is 106 Å². The molecule has 0 fully saturated rings. The van der Waals surface area contributed by atoms with Gasteiger partial charge in [-0.05, 0) is 36.0 Å². The van der Waals surface area contributed by atoms with Gasteiger partial charge in [-0.2, -0.15) is 0 Å². The molecule has 0 bridgehead atoms. The zero-order valence-electron chi connectivity index (χ0n) is 9.94. The Morgan fingerprint density at radius 3 is 3.24 bits per heavy atom. The Bertz CT molecular complexity index is 524. The monoisotopic (exact) mass is 244 g/mol. The van der Waals surface area contributed by atoms with Crippen LogP contribution in [0.15, 0.2) is 23.7 Å². The molecular weight excluding hydrogens is 228 g/mol. The topological polar surface area (TPSA) is 24.9 Å². The van der Waals surface area contributed by atoms with Gasteiger partial charge in [0.15, 0.2) is 0 Å². The van der Waals surface area contributed by atoms with Crippen molar-refractivity contribution in [3.63, 3.8) is 0 Å². The molecule has 0 amide bonds. The lowest BCUT2D eigenvalue weighted by Gasteiger charge is -2.16. The molecule has 0 saturated heterocycles. The van der Waals surface area contributed by atoms with Crippen LogP contribution in [0.1, 0.15) is 31.4 Å². The maximum atomic E-state index is 5.42. The lowest BCUT2D eigenvalue weighted by molar-refractivity contribution is 0.542. The molecule has 2 heterocycles. The summed E-state index contributed by atoms with van der Waals surface area (Å²) in [6, 6.07) is 4.45. The Morgan fingerprint density at radius 2 is 2.47 bits per heavy atom. The number of rotatable bonds is 5. The summed E-state index contributed by atoms with van der Waals surface area (Å²) in [7, 11) is 0. The average Bonchev–Trinajstić information content (AvgIpc) is 2.81. The van der Waals surface area contributed by atoms with Gasteiger partial charge < -0.3 is 5.32 Å². The molecule has 88 valence electrons. The fraction of sp³-hybridized carbons (Fsp3) is 0.357. The molecule has 0 aliphatic heterocycles. The highest BCUT2D eigenvalue weighted by Gasteiger charge is 2.10. The van der Waals surface area contributed by atoms with Crippen LogP contribution in [0, 0.1) is 12.3 Å². The van der Waals surface area contributed by atoms with Gasteiger partial charge in [-0.25, -0.2) is 0 Å². The molecule has 2 nitrogen and oxygen atoms in total. The maximum Gasteiger partial charge on any atom is 0.0809 e. The number of nitrogens with zero attached hydrogens (tertiary/aromatic N) is 1. The summed E-state index contributed by atoms with van der Waals surface area (Å²) in [6.07, 6.45) is 9.17. The normalized spacial score (nSPS) is 12.5. The second-order valence-electron chi connectivity index (χ2n) is 3.99. The largest absolute Gasteiger partial charge is 0.309 e. The van der Waals surface area contributed by atoms with E-state index in [1.165, 1.54) is 10.3 Å². The van der Waals surface area contributed by atoms with Crippen molar-refractivity contribution in [1.82, 2.24) is 10.3 Å². The summed E-state index contributed by atoms with van der Waals surface area (Å²) in [6.45, 7) is 3.13. The number of pyridine rings is 1. The number of terminal acetylenes is 1. The summed E-state index contributed by atoms with van der Waals surface area (Å²) in [4.78, 5) is 4.45. The van der Waals surface area contributed by atoms with Crippen LogP contribution in [0.3, 0.4) is 0 Å². The van der Waals surface area contributed by atoms with Crippen molar-refractivity contribution in [1.29, 1.82) is 0 Å². The molecule has 0 aliphatic carbocycles. The van der Waals surface area contributed by atoms with E-state index in [-0.39, 0.29) is 6.04 Å². The molecular formula is C14H16N2S. The van der Waals surface area contributed by atoms with Crippen LogP contribution in [0.2, 0.25) is 0 Å². The Kier molecular flexibility index (Phi) is 4.13. The van der Waals surface area contributed by atoms with Gasteiger partial charge in [-0.3, -0.25) is 4.98 Å². The molecule has 0 spiro atoms. The van der Waals surface area contributed by atoms with Crippen LogP contribution in [0.25, 0.3) is 10.2 Å². The van der Waals surface area contributed by atoms with Crippen molar-refractivity contribution in [3.05, 3.63) is 29.3 Å². The first-order valence-electron chi connectivity index (χ1n) is 5.85. The third kappa shape index (κ3) is 2.85. The van der Waals surface area contributed by atoms with E-state index in [4.69, 9.17) is 6.42 Å². The van der Waals surface area contributed by atoms with Crippen LogP contribution < -0.4 is 5.32 Å². The first-order valence-corrected chi connectivity index (χ1v) is 6.73. The van der Waals surface area contributed by atoms with Gasteiger partial charge in [-0.1, -0.05) is 6.92 Å². The van der Waals surface area contributed by atoms with Gasteiger partial charge in [-0.15, -0.1) is 23.7 Å². The first kappa shape index (κ1) is 12.1. The highest BCUT2D eigenvalue weighted by Crippen LogP contribution is 2.24. The van der Waals surface area contributed by atoms with E-state index in [1.54, 1.807) is 11.3 Å². The van der Waals surface area contributed by atoms with E-state index in [2.05, 4.69) is 34.6 Å². The van der Waals surface area contributed by atoms with Crippen LogP contribution >= 0.6 is 11.3 Å². The molecule has 2 aromatic heterocycles. The van der Waals surface area contributed by atoms with E-state index < -0.39 is 0 Å². The van der Waals surface area contributed by atoms with Gasteiger partial charge in [0.1, 0.15) is 0 Å². The van der Waals surface area contributed by atoms with Crippen LogP contribution in [0.4, 0.5) is 0 Å². The molecule has 2 rings (SSSR count). The second kappa shape index (κ2) is 5.81.